The molecule has 3 atom stereocenters. The summed E-state index contributed by atoms with van der Waals surface area (Å²) in [5.74, 6) is 0.509. The van der Waals surface area contributed by atoms with Gasteiger partial charge in [-0.1, -0.05) is 71.0 Å². The van der Waals surface area contributed by atoms with Crippen LogP contribution < -0.4 is 0 Å². The Labute approximate surface area is 146 Å². The van der Waals surface area contributed by atoms with Crippen molar-refractivity contribution in [2.24, 2.45) is 17.8 Å². The van der Waals surface area contributed by atoms with Crippen LogP contribution >= 0.6 is 0 Å². The standard InChI is InChI=1S/C22H32O2/c1-7-18-19(14(2)3)13-20(15(4)5)22(24,16(6)23)21(18)17-11-9-8-10-12-17/h8-16,20,23-24H,7H2,1-6H3. The van der Waals surface area contributed by atoms with E-state index < -0.39 is 11.7 Å². The van der Waals surface area contributed by atoms with Gasteiger partial charge in [0, 0.05) is 5.92 Å². The van der Waals surface area contributed by atoms with Crippen LogP contribution in [0.5, 0.6) is 0 Å². The predicted octanol–water partition coefficient (Wildman–Crippen LogP) is 4.83. The van der Waals surface area contributed by atoms with Crippen molar-refractivity contribution in [2.75, 3.05) is 0 Å². The van der Waals surface area contributed by atoms with Gasteiger partial charge in [-0.3, -0.25) is 0 Å². The number of hydrogen-bond donors (Lipinski definition) is 2. The molecular formula is C22H32O2. The molecule has 0 aromatic heterocycles. The first-order valence-electron chi connectivity index (χ1n) is 9.16. The van der Waals surface area contributed by atoms with Crippen LogP contribution in [-0.2, 0) is 0 Å². The number of aliphatic hydroxyl groups excluding tert-OH is 1. The van der Waals surface area contributed by atoms with Crippen molar-refractivity contribution in [3.05, 3.63) is 53.1 Å². The Balaban J connectivity index is 2.83. The zero-order valence-corrected chi connectivity index (χ0v) is 15.9. The van der Waals surface area contributed by atoms with Gasteiger partial charge in [0.05, 0.1) is 6.10 Å². The molecule has 24 heavy (non-hydrogen) atoms. The Bertz CT molecular complexity index is 623. The average molecular weight is 328 g/mol. The van der Waals surface area contributed by atoms with Crippen molar-refractivity contribution in [1.29, 1.82) is 0 Å². The molecule has 0 saturated heterocycles. The molecule has 0 amide bonds. The maximum absolute atomic E-state index is 11.7. The monoisotopic (exact) mass is 328 g/mol. The van der Waals surface area contributed by atoms with Gasteiger partial charge in [0.25, 0.3) is 0 Å². The van der Waals surface area contributed by atoms with E-state index in [1.54, 1.807) is 6.92 Å². The third kappa shape index (κ3) is 3.10. The van der Waals surface area contributed by atoms with Crippen LogP contribution in [0.4, 0.5) is 0 Å². The highest BCUT2D eigenvalue weighted by Crippen LogP contribution is 2.49. The minimum atomic E-state index is -1.26. The van der Waals surface area contributed by atoms with Crippen molar-refractivity contribution in [2.45, 2.75) is 59.7 Å². The molecule has 1 aliphatic rings. The molecule has 0 aliphatic heterocycles. The van der Waals surface area contributed by atoms with Crippen molar-refractivity contribution < 1.29 is 10.2 Å². The molecule has 2 N–H and O–H groups in total. The summed E-state index contributed by atoms with van der Waals surface area (Å²) in [4.78, 5) is 0. The fourth-order valence-electron chi connectivity index (χ4n) is 4.09. The minimum Gasteiger partial charge on any atom is -0.390 e. The van der Waals surface area contributed by atoms with E-state index in [1.807, 2.05) is 30.3 Å². The van der Waals surface area contributed by atoms with Crippen LogP contribution in [0.15, 0.2) is 47.6 Å². The Morgan fingerprint density at radius 1 is 1.04 bits per heavy atom. The maximum atomic E-state index is 11.7. The van der Waals surface area contributed by atoms with Crippen molar-refractivity contribution >= 4 is 5.57 Å². The molecular weight excluding hydrogens is 296 g/mol. The summed E-state index contributed by atoms with van der Waals surface area (Å²) < 4.78 is 0. The zero-order chi connectivity index (χ0) is 18.1. The molecule has 2 rings (SSSR count). The van der Waals surface area contributed by atoms with E-state index in [0.717, 1.165) is 17.6 Å². The van der Waals surface area contributed by atoms with E-state index in [9.17, 15) is 10.2 Å². The van der Waals surface area contributed by atoms with Gasteiger partial charge in [0.1, 0.15) is 5.60 Å². The summed E-state index contributed by atoms with van der Waals surface area (Å²) in [5.41, 5.74) is 3.14. The van der Waals surface area contributed by atoms with Crippen molar-refractivity contribution in [3.8, 4) is 0 Å². The summed E-state index contributed by atoms with van der Waals surface area (Å²) in [6.45, 7) is 12.5. The third-order valence-corrected chi connectivity index (χ3v) is 5.31. The summed E-state index contributed by atoms with van der Waals surface area (Å²) in [6, 6.07) is 10.1. The molecule has 0 spiro atoms. The van der Waals surface area contributed by atoms with Gasteiger partial charge in [-0.05, 0) is 47.5 Å². The molecule has 1 aromatic carbocycles. The number of benzene rings is 1. The molecule has 2 nitrogen and oxygen atoms in total. The smallest absolute Gasteiger partial charge is 0.122 e. The van der Waals surface area contributed by atoms with Crippen LogP contribution in [0.2, 0.25) is 0 Å². The van der Waals surface area contributed by atoms with Gasteiger partial charge < -0.3 is 10.2 Å². The van der Waals surface area contributed by atoms with E-state index in [-0.39, 0.29) is 11.8 Å². The second-order valence-electron chi connectivity index (χ2n) is 7.62. The highest BCUT2D eigenvalue weighted by molar-refractivity contribution is 5.81. The zero-order valence-electron chi connectivity index (χ0n) is 15.9. The first kappa shape index (κ1) is 19.0. The average Bonchev–Trinajstić information content (AvgIpc) is 2.54. The lowest BCUT2D eigenvalue weighted by molar-refractivity contribution is -0.0618. The summed E-state index contributed by atoms with van der Waals surface area (Å²) in [6.07, 6.45) is 2.22. The number of rotatable bonds is 5. The molecule has 2 heteroatoms. The summed E-state index contributed by atoms with van der Waals surface area (Å²) in [7, 11) is 0. The van der Waals surface area contributed by atoms with Gasteiger partial charge in [0.2, 0.25) is 0 Å². The molecule has 0 saturated carbocycles. The minimum absolute atomic E-state index is 0.111. The summed E-state index contributed by atoms with van der Waals surface area (Å²) in [5, 5.41) is 22.4. The van der Waals surface area contributed by atoms with E-state index in [1.165, 1.54) is 11.1 Å². The first-order valence-corrected chi connectivity index (χ1v) is 9.16. The molecule has 3 unspecified atom stereocenters. The van der Waals surface area contributed by atoms with Gasteiger partial charge in [-0.25, -0.2) is 0 Å². The largest absolute Gasteiger partial charge is 0.390 e. The topological polar surface area (TPSA) is 40.5 Å². The second kappa shape index (κ2) is 7.25. The van der Waals surface area contributed by atoms with E-state index in [2.05, 4.69) is 40.7 Å². The first-order chi connectivity index (χ1) is 11.2. The van der Waals surface area contributed by atoms with Gasteiger partial charge >= 0.3 is 0 Å². The highest BCUT2D eigenvalue weighted by atomic mass is 16.3. The Hall–Kier alpha value is -1.38. The van der Waals surface area contributed by atoms with Gasteiger partial charge in [-0.2, -0.15) is 0 Å². The molecule has 1 aliphatic carbocycles. The van der Waals surface area contributed by atoms with Crippen LogP contribution in [-0.4, -0.2) is 21.9 Å². The second-order valence-corrected chi connectivity index (χ2v) is 7.62. The van der Waals surface area contributed by atoms with Crippen molar-refractivity contribution in [1.82, 2.24) is 0 Å². The molecule has 0 radical (unpaired) electrons. The fourth-order valence-corrected chi connectivity index (χ4v) is 4.09. The van der Waals surface area contributed by atoms with Crippen LogP contribution in [0, 0.1) is 17.8 Å². The lowest BCUT2D eigenvalue weighted by Crippen LogP contribution is -2.52. The van der Waals surface area contributed by atoms with Gasteiger partial charge in [-0.15, -0.1) is 0 Å². The van der Waals surface area contributed by atoms with Gasteiger partial charge in [0.15, 0.2) is 0 Å². The van der Waals surface area contributed by atoms with E-state index >= 15 is 0 Å². The Morgan fingerprint density at radius 2 is 1.62 bits per heavy atom. The number of aliphatic hydroxyl groups is 2. The van der Waals surface area contributed by atoms with Crippen molar-refractivity contribution in [3.63, 3.8) is 0 Å². The fraction of sp³-hybridized carbons (Fsp3) is 0.545. The normalized spacial score (nSPS) is 26.1. The molecule has 132 valence electrons. The lowest BCUT2D eigenvalue weighted by atomic mass is 9.63. The third-order valence-electron chi connectivity index (χ3n) is 5.31. The quantitative estimate of drug-likeness (QED) is 0.812. The Kier molecular flexibility index (Phi) is 5.72. The lowest BCUT2D eigenvalue weighted by Gasteiger charge is -2.46. The molecule has 0 bridgehead atoms. The van der Waals surface area contributed by atoms with Crippen LogP contribution in [0.1, 0.15) is 53.5 Å². The predicted molar refractivity (Wildman–Crippen MR) is 102 cm³/mol. The maximum Gasteiger partial charge on any atom is 0.122 e. The number of hydrogen-bond acceptors (Lipinski definition) is 2. The summed E-state index contributed by atoms with van der Waals surface area (Å²) >= 11 is 0. The SMILES string of the molecule is CCC1=C(c2ccccc2)C(O)(C(C)O)C(C(C)C)C=C1C(C)C. The Morgan fingerprint density at radius 3 is 2.04 bits per heavy atom. The van der Waals surface area contributed by atoms with E-state index in [0.29, 0.717) is 5.92 Å². The highest BCUT2D eigenvalue weighted by Gasteiger charge is 2.49. The molecule has 0 fully saturated rings. The molecule has 0 heterocycles. The molecule has 1 aromatic rings. The number of allylic oxidation sites excluding steroid dienone is 2. The van der Waals surface area contributed by atoms with E-state index in [4.69, 9.17) is 0 Å². The van der Waals surface area contributed by atoms with Crippen LogP contribution in [0.3, 0.4) is 0 Å². The van der Waals surface area contributed by atoms with Crippen LogP contribution in [0.25, 0.3) is 5.57 Å².